The summed E-state index contributed by atoms with van der Waals surface area (Å²) >= 11 is 6.02. The van der Waals surface area contributed by atoms with Gasteiger partial charge in [0.15, 0.2) is 17.5 Å². The zero-order chi connectivity index (χ0) is 19.3. The fourth-order valence-electron chi connectivity index (χ4n) is 3.45. The molecule has 2 aromatic carbocycles. The van der Waals surface area contributed by atoms with E-state index in [0.29, 0.717) is 24.0 Å². The summed E-state index contributed by atoms with van der Waals surface area (Å²) in [6.07, 6.45) is 3.52. The Kier molecular flexibility index (Phi) is 6.11. The number of methoxy groups -OCH3 is 2. The highest BCUT2D eigenvalue weighted by Crippen LogP contribution is 2.43. The number of benzene rings is 2. The summed E-state index contributed by atoms with van der Waals surface area (Å²) in [5.74, 6) is 1.84. The highest BCUT2D eigenvalue weighted by Gasteiger charge is 2.38. The molecule has 0 unspecified atom stereocenters. The van der Waals surface area contributed by atoms with Crippen molar-refractivity contribution in [2.75, 3.05) is 20.8 Å². The molecule has 0 radical (unpaired) electrons. The van der Waals surface area contributed by atoms with Crippen LogP contribution in [0, 0.1) is 0 Å². The Bertz CT molecular complexity index is 802. The van der Waals surface area contributed by atoms with Crippen molar-refractivity contribution in [3.8, 4) is 11.5 Å². The van der Waals surface area contributed by atoms with Crippen LogP contribution in [0.1, 0.15) is 30.4 Å². The zero-order valence-corrected chi connectivity index (χ0v) is 16.6. The van der Waals surface area contributed by atoms with E-state index in [1.807, 2.05) is 30.3 Å². The van der Waals surface area contributed by atoms with Crippen LogP contribution in [-0.2, 0) is 12.0 Å². The van der Waals surface area contributed by atoms with E-state index in [9.17, 15) is 0 Å². The van der Waals surface area contributed by atoms with Crippen molar-refractivity contribution in [3.05, 3.63) is 58.6 Å². The topological polar surface area (TPSA) is 68.9 Å². The van der Waals surface area contributed by atoms with Gasteiger partial charge < -0.3 is 20.5 Å². The van der Waals surface area contributed by atoms with Gasteiger partial charge in [0.2, 0.25) is 0 Å². The molecule has 2 aromatic rings. The van der Waals surface area contributed by atoms with Gasteiger partial charge >= 0.3 is 0 Å². The number of nitrogens with one attached hydrogen (secondary N) is 1. The summed E-state index contributed by atoms with van der Waals surface area (Å²) in [6, 6.07) is 13.9. The van der Waals surface area contributed by atoms with Gasteiger partial charge in [-0.15, -0.1) is 0 Å². The predicted molar refractivity (Wildman–Crippen MR) is 110 cm³/mol. The third-order valence-electron chi connectivity index (χ3n) is 5.26. The standard InChI is InChI=1S/C21H26ClN3O2/c1-26-18-9-4-15(12-19(18)27-2)13-24-20(23)25-14-21(10-3-11-21)16-5-7-17(22)8-6-16/h4-9,12H,3,10-11,13-14H2,1-2H3,(H3,23,24,25). The van der Waals surface area contributed by atoms with Crippen molar-refractivity contribution < 1.29 is 9.47 Å². The summed E-state index contributed by atoms with van der Waals surface area (Å²) in [7, 11) is 3.24. The smallest absolute Gasteiger partial charge is 0.188 e. The van der Waals surface area contributed by atoms with Crippen LogP contribution in [0.15, 0.2) is 47.5 Å². The Morgan fingerprint density at radius 2 is 1.81 bits per heavy atom. The van der Waals surface area contributed by atoms with Crippen molar-refractivity contribution >= 4 is 17.6 Å². The van der Waals surface area contributed by atoms with Gasteiger partial charge in [-0.05, 0) is 48.2 Å². The molecular formula is C21H26ClN3O2. The second-order valence-corrected chi connectivity index (χ2v) is 7.32. The van der Waals surface area contributed by atoms with Gasteiger partial charge in [-0.1, -0.05) is 36.2 Å². The van der Waals surface area contributed by atoms with Crippen molar-refractivity contribution in [2.24, 2.45) is 10.7 Å². The number of rotatable bonds is 7. The summed E-state index contributed by atoms with van der Waals surface area (Å²) in [6.45, 7) is 1.25. The molecule has 0 heterocycles. The number of hydrogen-bond acceptors (Lipinski definition) is 3. The molecule has 0 atom stereocenters. The third-order valence-corrected chi connectivity index (χ3v) is 5.51. The molecule has 3 rings (SSSR count). The fraction of sp³-hybridized carbons (Fsp3) is 0.381. The van der Waals surface area contributed by atoms with Crippen molar-refractivity contribution in [1.82, 2.24) is 5.32 Å². The van der Waals surface area contributed by atoms with Gasteiger partial charge in [-0.25, -0.2) is 4.99 Å². The molecular weight excluding hydrogens is 362 g/mol. The Morgan fingerprint density at radius 1 is 1.11 bits per heavy atom. The molecule has 6 heteroatoms. The zero-order valence-electron chi connectivity index (χ0n) is 15.8. The molecule has 1 saturated carbocycles. The second-order valence-electron chi connectivity index (χ2n) is 6.89. The normalized spacial score (nSPS) is 15.7. The second kappa shape index (κ2) is 8.53. The molecule has 5 nitrogen and oxygen atoms in total. The Balaban J connectivity index is 1.61. The van der Waals surface area contributed by atoms with Crippen LogP contribution in [-0.4, -0.2) is 26.7 Å². The average molecular weight is 388 g/mol. The quantitative estimate of drug-likeness (QED) is 0.558. The molecule has 0 aromatic heterocycles. The maximum atomic E-state index is 6.10. The van der Waals surface area contributed by atoms with Gasteiger partial charge in [-0.2, -0.15) is 0 Å². The number of nitrogens with two attached hydrogens (primary N) is 1. The highest BCUT2D eigenvalue weighted by atomic mass is 35.5. The van der Waals surface area contributed by atoms with Crippen molar-refractivity contribution in [1.29, 1.82) is 0 Å². The Morgan fingerprint density at radius 3 is 2.41 bits per heavy atom. The van der Waals surface area contributed by atoms with Gasteiger partial charge in [-0.3, -0.25) is 0 Å². The monoisotopic (exact) mass is 387 g/mol. The van der Waals surface area contributed by atoms with Crippen LogP contribution in [0.5, 0.6) is 11.5 Å². The number of guanidine groups is 1. The molecule has 27 heavy (non-hydrogen) atoms. The lowest BCUT2D eigenvalue weighted by Gasteiger charge is -2.42. The Labute approximate surface area is 165 Å². The van der Waals surface area contributed by atoms with Crippen LogP contribution in [0.3, 0.4) is 0 Å². The lowest BCUT2D eigenvalue weighted by molar-refractivity contribution is 0.244. The first-order valence-corrected chi connectivity index (χ1v) is 9.45. The van der Waals surface area contributed by atoms with Crippen molar-refractivity contribution in [3.63, 3.8) is 0 Å². The first kappa shape index (κ1) is 19.4. The Hall–Kier alpha value is -2.40. The number of nitrogens with zero attached hydrogens (tertiary/aromatic N) is 1. The fourth-order valence-corrected chi connectivity index (χ4v) is 3.57. The van der Waals surface area contributed by atoms with E-state index < -0.39 is 0 Å². The third kappa shape index (κ3) is 4.48. The summed E-state index contributed by atoms with van der Waals surface area (Å²) in [5.41, 5.74) is 8.53. The summed E-state index contributed by atoms with van der Waals surface area (Å²) < 4.78 is 10.6. The maximum Gasteiger partial charge on any atom is 0.188 e. The van der Waals surface area contributed by atoms with E-state index in [4.69, 9.17) is 26.8 Å². The molecule has 3 N–H and O–H groups in total. The van der Waals surface area contributed by atoms with Gasteiger partial charge in [0.05, 0.1) is 20.8 Å². The lowest BCUT2D eigenvalue weighted by atomic mass is 9.64. The minimum atomic E-state index is 0.119. The molecule has 1 aliphatic carbocycles. The average Bonchev–Trinajstić information content (AvgIpc) is 2.66. The van der Waals surface area contributed by atoms with Gasteiger partial charge in [0, 0.05) is 17.0 Å². The van der Waals surface area contributed by atoms with Crippen LogP contribution >= 0.6 is 11.6 Å². The minimum absolute atomic E-state index is 0.119. The number of aliphatic imine (C=N–C) groups is 1. The first-order chi connectivity index (χ1) is 13.1. The number of halogens is 1. The van der Waals surface area contributed by atoms with Crippen LogP contribution < -0.4 is 20.5 Å². The molecule has 0 saturated heterocycles. The molecule has 0 spiro atoms. The molecule has 1 fully saturated rings. The summed E-state index contributed by atoms with van der Waals surface area (Å²) in [4.78, 5) is 4.46. The van der Waals surface area contributed by atoms with E-state index in [1.54, 1.807) is 14.2 Å². The van der Waals surface area contributed by atoms with Gasteiger partial charge in [0.1, 0.15) is 0 Å². The van der Waals surface area contributed by atoms with Crippen molar-refractivity contribution in [2.45, 2.75) is 31.2 Å². The number of hydrogen-bond donors (Lipinski definition) is 2. The molecule has 144 valence electrons. The minimum Gasteiger partial charge on any atom is -0.493 e. The molecule has 0 bridgehead atoms. The van der Waals surface area contributed by atoms with E-state index in [0.717, 1.165) is 30.0 Å². The number of ether oxygens (including phenoxy) is 2. The SMILES string of the molecule is COc1ccc(CN=C(N)NCC2(c3ccc(Cl)cc3)CCC2)cc1OC. The van der Waals surface area contributed by atoms with E-state index in [2.05, 4.69) is 22.4 Å². The van der Waals surface area contributed by atoms with Crippen LogP contribution in [0.25, 0.3) is 0 Å². The van der Waals surface area contributed by atoms with Crippen LogP contribution in [0.4, 0.5) is 0 Å². The van der Waals surface area contributed by atoms with E-state index in [1.165, 1.54) is 12.0 Å². The first-order valence-electron chi connectivity index (χ1n) is 9.07. The predicted octanol–water partition coefficient (Wildman–Crippen LogP) is 3.88. The van der Waals surface area contributed by atoms with E-state index in [-0.39, 0.29) is 5.41 Å². The molecule has 1 aliphatic rings. The maximum absolute atomic E-state index is 6.10. The molecule has 0 aliphatic heterocycles. The molecule has 0 amide bonds. The highest BCUT2D eigenvalue weighted by molar-refractivity contribution is 6.30. The largest absolute Gasteiger partial charge is 0.493 e. The van der Waals surface area contributed by atoms with Crippen LogP contribution in [0.2, 0.25) is 5.02 Å². The van der Waals surface area contributed by atoms with Gasteiger partial charge in [0.25, 0.3) is 0 Å². The van der Waals surface area contributed by atoms with E-state index >= 15 is 0 Å². The lowest BCUT2D eigenvalue weighted by Crippen LogP contribution is -2.47. The summed E-state index contributed by atoms with van der Waals surface area (Å²) in [5, 5.41) is 4.06.